The molecule has 0 aliphatic rings. The predicted molar refractivity (Wildman–Crippen MR) is 91.0 cm³/mol. The molecule has 0 spiro atoms. The molecule has 1 N–H and O–H groups in total. The second kappa shape index (κ2) is 8.44. The highest BCUT2D eigenvalue weighted by Gasteiger charge is 2.19. The van der Waals surface area contributed by atoms with E-state index in [2.05, 4.69) is 5.32 Å². The van der Waals surface area contributed by atoms with Gasteiger partial charge in [0.1, 0.15) is 11.5 Å². The highest BCUT2D eigenvalue weighted by Crippen LogP contribution is 2.24. The van der Waals surface area contributed by atoms with Crippen LogP contribution in [0.1, 0.15) is 18.9 Å². The Bertz CT molecular complexity index is 643. The molecule has 0 radical (unpaired) electrons. The fourth-order valence-electron chi connectivity index (χ4n) is 2.06. The van der Waals surface area contributed by atoms with E-state index in [-0.39, 0.29) is 5.91 Å². The highest BCUT2D eigenvalue weighted by atomic mass is 35.5. The lowest BCUT2D eigenvalue weighted by atomic mass is 10.2. The van der Waals surface area contributed by atoms with Crippen LogP contribution in [0, 0.1) is 0 Å². The van der Waals surface area contributed by atoms with Crippen molar-refractivity contribution >= 4 is 17.5 Å². The third kappa shape index (κ3) is 4.89. The van der Waals surface area contributed by atoms with Crippen LogP contribution < -0.4 is 14.8 Å². The monoisotopic (exact) mass is 333 g/mol. The molecular weight excluding hydrogens is 314 g/mol. The van der Waals surface area contributed by atoms with Crippen LogP contribution in [0.4, 0.5) is 0 Å². The summed E-state index contributed by atoms with van der Waals surface area (Å²) in [6.07, 6.45) is -0.0206. The molecule has 122 valence electrons. The lowest BCUT2D eigenvalue weighted by Crippen LogP contribution is -2.37. The number of nitrogens with one attached hydrogen (secondary N) is 1. The van der Waals surface area contributed by atoms with Crippen molar-refractivity contribution in [1.29, 1.82) is 0 Å². The van der Waals surface area contributed by atoms with Gasteiger partial charge in [-0.3, -0.25) is 4.79 Å². The minimum atomic E-state index is -0.576. The van der Waals surface area contributed by atoms with E-state index in [1.807, 2.05) is 43.3 Å². The molecule has 2 aromatic carbocycles. The van der Waals surface area contributed by atoms with Gasteiger partial charge in [-0.2, -0.15) is 0 Å². The van der Waals surface area contributed by atoms with Gasteiger partial charge in [0.2, 0.25) is 0 Å². The van der Waals surface area contributed by atoms with Crippen LogP contribution in [0.5, 0.6) is 11.5 Å². The maximum atomic E-state index is 12.3. The zero-order chi connectivity index (χ0) is 16.7. The van der Waals surface area contributed by atoms with E-state index in [9.17, 15) is 4.79 Å². The second-order valence-electron chi connectivity index (χ2n) is 5.01. The summed E-state index contributed by atoms with van der Waals surface area (Å²) in [5.74, 6) is 1.14. The Kier molecular flexibility index (Phi) is 6.29. The Hall–Kier alpha value is -2.20. The molecule has 0 saturated carbocycles. The van der Waals surface area contributed by atoms with Crippen molar-refractivity contribution in [3.63, 3.8) is 0 Å². The first-order chi connectivity index (χ1) is 11.1. The van der Waals surface area contributed by atoms with E-state index in [1.165, 1.54) is 0 Å². The Labute approximate surface area is 141 Å². The predicted octanol–water partition coefficient (Wildman–Crippen LogP) is 3.82. The minimum absolute atomic E-state index is 0.164. The van der Waals surface area contributed by atoms with Crippen LogP contribution in [0.25, 0.3) is 0 Å². The second-order valence-corrected chi connectivity index (χ2v) is 5.42. The smallest absolute Gasteiger partial charge is 0.261 e. The summed E-state index contributed by atoms with van der Waals surface area (Å²) >= 11 is 6.06. The van der Waals surface area contributed by atoms with E-state index >= 15 is 0 Å². The number of amides is 1. The normalized spacial score (nSPS) is 11.6. The molecular formula is C18H20ClNO3. The van der Waals surface area contributed by atoms with Crippen LogP contribution in [-0.2, 0) is 11.3 Å². The van der Waals surface area contributed by atoms with E-state index < -0.39 is 6.10 Å². The molecule has 2 aromatic rings. The van der Waals surface area contributed by atoms with Crippen LogP contribution in [0.15, 0.2) is 48.5 Å². The molecule has 1 unspecified atom stereocenters. The van der Waals surface area contributed by atoms with Crippen LogP contribution in [-0.4, -0.2) is 19.1 Å². The molecule has 0 heterocycles. The maximum Gasteiger partial charge on any atom is 0.261 e. The summed E-state index contributed by atoms with van der Waals surface area (Å²) in [4.78, 5) is 12.3. The Balaban J connectivity index is 1.93. The zero-order valence-electron chi connectivity index (χ0n) is 13.2. The number of halogens is 1. The summed E-state index contributed by atoms with van der Waals surface area (Å²) in [5, 5.41) is 3.37. The van der Waals surface area contributed by atoms with Gasteiger partial charge < -0.3 is 14.8 Å². The number of hydrogen-bond acceptors (Lipinski definition) is 3. The van der Waals surface area contributed by atoms with E-state index in [0.29, 0.717) is 23.7 Å². The van der Waals surface area contributed by atoms with Crippen molar-refractivity contribution in [3.05, 3.63) is 59.1 Å². The molecule has 5 heteroatoms. The van der Waals surface area contributed by atoms with E-state index in [0.717, 1.165) is 11.3 Å². The van der Waals surface area contributed by atoms with Gasteiger partial charge in [0.15, 0.2) is 6.10 Å². The van der Waals surface area contributed by atoms with Gasteiger partial charge >= 0.3 is 0 Å². The minimum Gasteiger partial charge on any atom is -0.497 e. The molecule has 1 amide bonds. The van der Waals surface area contributed by atoms with Gasteiger partial charge in [-0.05, 0) is 36.2 Å². The molecule has 0 aromatic heterocycles. The third-order valence-electron chi connectivity index (χ3n) is 3.39. The van der Waals surface area contributed by atoms with Gasteiger partial charge in [0, 0.05) is 6.54 Å². The number of rotatable bonds is 7. The summed E-state index contributed by atoms with van der Waals surface area (Å²) < 4.78 is 10.8. The first-order valence-corrected chi connectivity index (χ1v) is 7.83. The van der Waals surface area contributed by atoms with Crippen molar-refractivity contribution in [3.8, 4) is 11.5 Å². The molecule has 0 bridgehead atoms. The lowest BCUT2D eigenvalue weighted by Gasteiger charge is -2.18. The van der Waals surface area contributed by atoms with Crippen molar-refractivity contribution in [1.82, 2.24) is 5.32 Å². The van der Waals surface area contributed by atoms with Gasteiger partial charge in [0.05, 0.1) is 12.1 Å². The first-order valence-electron chi connectivity index (χ1n) is 7.46. The zero-order valence-corrected chi connectivity index (χ0v) is 14.0. The number of carbonyl (C=O) groups is 1. The Morgan fingerprint density at radius 2 is 1.87 bits per heavy atom. The van der Waals surface area contributed by atoms with E-state index in [4.69, 9.17) is 21.1 Å². The number of para-hydroxylation sites is 1. The highest BCUT2D eigenvalue weighted by molar-refractivity contribution is 6.32. The third-order valence-corrected chi connectivity index (χ3v) is 3.71. The number of carbonyl (C=O) groups excluding carboxylic acids is 1. The maximum absolute atomic E-state index is 12.3. The topological polar surface area (TPSA) is 47.6 Å². The average molecular weight is 334 g/mol. The molecule has 0 fully saturated rings. The lowest BCUT2D eigenvalue weighted by molar-refractivity contribution is -0.128. The van der Waals surface area contributed by atoms with Crippen molar-refractivity contribution < 1.29 is 14.3 Å². The summed E-state index contributed by atoms with van der Waals surface area (Å²) in [7, 11) is 1.62. The van der Waals surface area contributed by atoms with Crippen molar-refractivity contribution in [2.24, 2.45) is 0 Å². The number of ether oxygens (including phenoxy) is 2. The number of hydrogen-bond donors (Lipinski definition) is 1. The van der Waals surface area contributed by atoms with Crippen molar-refractivity contribution in [2.45, 2.75) is 26.0 Å². The van der Waals surface area contributed by atoms with Crippen LogP contribution >= 0.6 is 11.6 Å². The van der Waals surface area contributed by atoms with Gasteiger partial charge in [-0.1, -0.05) is 42.8 Å². The summed E-state index contributed by atoms with van der Waals surface area (Å²) in [6, 6.07) is 14.7. The Morgan fingerprint density at radius 1 is 1.17 bits per heavy atom. The molecule has 4 nitrogen and oxygen atoms in total. The molecule has 0 aliphatic carbocycles. The molecule has 2 rings (SSSR count). The van der Waals surface area contributed by atoms with Gasteiger partial charge in [0.25, 0.3) is 5.91 Å². The largest absolute Gasteiger partial charge is 0.497 e. The van der Waals surface area contributed by atoms with Crippen LogP contribution in [0.2, 0.25) is 5.02 Å². The quantitative estimate of drug-likeness (QED) is 0.837. The Morgan fingerprint density at radius 3 is 2.48 bits per heavy atom. The first kappa shape index (κ1) is 17.2. The van der Waals surface area contributed by atoms with E-state index in [1.54, 1.807) is 19.2 Å². The molecule has 0 aliphatic heterocycles. The number of benzene rings is 2. The average Bonchev–Trinajstić information content (AvgIpc) is 2.59. The molecule has 1 atom stereocenters. The van der Waals surface area contributed by atoms with Gasteiger partial charge in [-0.25, -0.2) is 0 Å². The van der Waals surface area contributed by atoms with Crippen LogP contribution in [0.3, 0.4) is 0 Å². The van der Waals surface area contributed by atoms with Crippen molar-refractivity contribution in [2.75, 3.05) is 7.11 Å². The fraction of sp³-hybridized carbons (Fsp3) is 0.278. The molecule has 23 heavy (non-hydrogen) atoms. The fourth-order valence-corrected chi connectivity index (χ4v) is 2.24. The standard InChI is InChI=1S/C18H20ClNO3/c1-3-16(23-17-7-5-4-6-15(17)19)18(21)20-12-13-8-10-14(22-2)11-9-13/h4-11,16H,3,12H2,1-2H3,(H,20,21). The van der Waals surface area contributed by atoms with Gasteiger partial charge in [-0.15, -0.1) is 0 Å². The molecule has 0 saturated heterocycles. The SMILES string of the molecule is CCC(Oc1ccccc1Cl)C(=O)NCc1ccc(OC)cc1. The summed E-state index contributed by atoms with van der Waals surface area (Å²) in [5.41, 5.74) is 0.992. The summed E-state index contributed by atoms with van der Waals surface area (Å²) in [6.45, 7) is 2.33. The number of methoxy groups -OCH3 is 1.